The molecule has 0 heterocycles. The van der Waals surface area contributed by atoms with Gasteiger partial charge in [-0.2, -0.15) is 11.8 Å². The summed E-state index contributed by atoms with van der Waals surface area (Å²) in [6, 6.07) is -3.12. The SMILES string of the molecule is CSCCC(NC(=O)C(N)C(C)O)C(=O)NC(CCCCN)C(=O)O. The molecule has 8 N–H and O–H groups in total. The number of rotatable bonds is 13. The van der Waals surface area contributed by atoms with Gasteiger partial charge in [-0.1, -0.05) is 0 Å². The lowest BCUT2D eigenvalue weighted by Gasteiger charge is -2.23. The Morgan fingerprint density at radius 1 is 1.08 bits per heavy atom. The summed E-state index contributed by atoms with van der Waals surface area (Å²) in [6.07, 6.45) is 2.60. The summed E-state index contributed by atoms with van der Waals surface area (Å²) in [5.74, 6) is -1.79. The number of aliphatic hydroxyl groups excluding tert-OH is 1. The van der Waals surface area contributed by atoms with Crippen molar-refractivity contribution in [2.75, 3.05) is 18.6 Å². The molecule has 0 rings (SSSR count). The molecule has 4 unspecified atom stereocenters. The first-order valence-electron chi connectivity index (χ1n) is 8.20. The predicted octanol–water partition coefficient (Wildman–Crippen LogP) is -1.37. The number of hydrogen-bond acceptors (Lipinski definition) is 7. The summed E-state index contributed by atoms with van der Waals surface area (Å²) in [6.45, 7) is 1.82. The van der Waals surface area contributed by atoms with E-state index in [0.717, 1.165) is 0 Å². The number of aliphatic carboxylic acids is 1. The van der Waals surface area contributed by atoms with Gasteiger partial charge in [-0.25, -0.2) is 4.79 Å². The first kappa shape index (κ1) is 23.6. The van der Waals surface area contributed by atoms with Gasteiger partial charge in [-0.3, -0.25) is 9.59 Å². The molecular formula is C15H30N4O5S. The largest absolute Gasteiger partial charge is 0.480 e. The van der Waals surface area contributed by atoms with Crippen LogP contribution in [0.2, 0.25) is 0 Å². The van der Waals surface area contributed by atoms with Crippen LogP contribution in [0.1, 0.15) is 32.6 Å². The molecule has 2 amide bonds. The minimum absolute atomic E-state index is 0.259. The van der Waals surface area contributed by atoms with Crippen LogP contribution in [0.25, 0.3) is 0 Å². The van der Waals surface area contributed by atoms with E-state index >= 15 is 0 Å². The van der Waals surface area contributed by atoms with Crippen LogP contribution >= 0.6 is 11.8 Å². The minimum Gasteiger partial charge on any atom is -0.480 e. The summed E-state index contributed by atoms with van der Waals surface area (Å²) in [4.78, 5) is 35.7. The maximum Gasteiger partial charge on any atom is 0.326 e. The van der Waals surface area contributed by atoms with Crippen molar-refractivity contribution >= 4 is 29.5 Å². The van der Waals surface area contributed by atoms with Crippen molar-refractivity contribution in [3.8, 4) is 0 Å². The molecule has 9 nitrogen and oxygen atoms in total. The number of carbonyl (C=O) groups is 3. The fraction of sp³-hybridized carbons (Fsp3) is 0.800. The number of carboxylic acids is 1. The van der Waals surface area contributed by atoms with Gasteiger partial charge in [0.2, 0.25) is 11.8 Å². The lowest BCUT2D eigenvalue weighted by molar-refractivity contribution is -0.142. The third-order valence-electron chi connectivity index (χ3n) is 3.63. The zero-order valence-electron chi connectivity index (χ0n) is 14.7. The molecule has 146 valence electrons. The summed E-state index contributed by atoms with van der Waals surface area (Å²) < 4.78 is 0. The molecule has 0 aromatic heterocycles. The highest BCUT2D eigenvalue weighted by molar-refractivity contribution is 7.98. The Labute approximate surface area is 152 Å². The first-order chi connectivity index (χ1) is 11.7. The molecule has 10 heteroatoms. The van der Waals surface area contributed by atoms with Crippen molar-refractivity contribution in [1.82, 2.24) is 10.6 Å². The number of carboxylic acid groups (broad SMARTS) is 1. The van der Waals surface area contributed by atoms with Crippen LogP contribution in [0.15, 0.2) is 0 Å². The molecule has 25 heavy (non-hydrogen) atoms. The highest BCUT2D eigenvalue weighted by Crippen LogP contribution is 2.05. The standard InChI is InChI=1S/C15H30N4O5S/c1-9(20)12(17)14(22)18-10(6-8-25-2)13(21)19-11(15(23)24)5-3-4-7-16/h9-12,20H,3-8,16-17H2,1-2H3,(H,18,22)(H,19,21)(H,23,24). The van der Waals surface area contributed by atoms with E-state index in [0.29, 0.717) is 31.6 Å². The lowest BCUT2D eigenvalue weighted by atomic mass is 10.1. The maximum absolute atomic E-state index is 12.4. The van der Waals surface area contributed by atoms with Gasteiger partial charge in [0.25, 0.3) is 0 Å². The highest BCUT2D eigenvalue weighted by Gasteiger charge is 2.28. The molecule has 0 saturated heterocycles. The van der Waals surface area contributed by atoms with Crippen molar-refractivity contribution in [2.24, 2.45) is 11.5 Å². The van der Waals surface area contributed by atoms with Gasteiger partial charge < -0.3 is 32.3 Å². The molecule has 0 aliphatic heterocycles. The third kappa shape index (κ3) is 9.63. The van der Waals surface area contributed by atoms with Gasteiger partial charge in [-0.15, -0.1) is 0 Å². The van der Waals surface area contributed by atoms with Crippen LogP contribution in [0, 0.1) is 0 Å². The molecule has 0 aliphatic carbocycles. The minimum atomic E-state index is -1.16. The number of amides is 2. The van der Waals surface area contributed by atoms with Gasteiger partial charge in [0.05, 0.1) is 6.10 Å². The van der Waals surface area contributed by atoms with Crippen LogP contribution in [0.3, 0.4) is 0 Å². The Morgan fingerprint density at radius 2 is 1.68 bits per heavy atom. The molecule has 0 aliphatic rings. The maximum atomic E-state index is 12.4. The average Bonchev–Trinajstić information content (AvgIpc) is 2.56. The Balaban J connectivity index is 4.89. The number of carbonyl (C=O) groups excluding carboxylic acids is 2. The predicted molar refractivity (Wildman–Crippen MR) is 97.1 cm³/mol. The van der Waals surface area contributed by atoms with Crippen molar-refractivity contribution in [1.29, 1.82) is 0 Å². The van der Waals surface area contributed by atoms with E-state index in [-0.39, 0.29) is 6.42 Å². The second-order valence-electron chi connectivity index (χ2n) is 5.79. The molecule has 0 aromatic carbocycles. The van der Waals surface area contributed by atoms with Crippen molar-refractivity contribution < 1.29 is 24.6 Å². The number of aliphatic hydroxyl groups is 1. The summed E-state index contributed by atoms with van der Waals surface area (Å²) in [5, 5.41) is 23.5. The highest BCUT2D eigenvalue weighted by atomic mass is 32.2. The molecular weight excluding hydrogens is 348 g/mol. The number of hydrogen-bond donors (Lipinski definition) is 6. The zero-order valence-corrected chi connectivity index (χ0v) is 15.6. The summed E-state index contributed by atoms with van der Waals surface area (Å²) >= 11 is 1.49. The van der Waals surface area contributed by atoms with E-state index in [4.69, 9.17) is 11.5 Å². The summed E-state index contributed by atoms with van der Waals surface area (Å²) in [5.41, 5.74) is 10.9. The molecule has 0 spiro atoms. The van der Waals surface area contributed by atoms with Crippen LogP contribution in [0.5, 0.6) is 0 Å². The quantitative estimate of drug-likeness (QED) is 0.213. The number of nitrogens with two attached hydrogens (primary N) is 2. The van der Waals surface area contributed by atoms with E-state index < -0.39 is 42.0 Å². The van der Waals surface area contributed by atoms with Gasteiger partial charge in [0.15, 0.2) is 0 Å². The lowest BCUT2D eigenvalue weighted by Crippen LogP contribution is -2.56. The number of unbranched alkanes of at least 4 members (excludes halogenated alkanes) is 1. The number of nitrogens with one attached hydrogen (secondary N) is 2. The molecule has 0 saturated carbocycles. The molecule has 0 fully saturated rings. The molecule has 0 bridgehead atoms. The fourth-order valence-electron chi connectivity index (χ4n) is 2.01. The second kappa shape index (κ2) is 12.9. The van der Waals surface area contributed by atoms with E-state index in [9.17, 15) is 24.6 Å². The van der Waals surface area contributed by atoms with E-state index in [1.54, 1.807) is 0 Å². The van der Waals surface area contributed by atoms with E-state index in [2.05, 4.69) is 10.6 Å². The van der Waals surface area contributed by atoms with Crippen molar-refractivity contribution in [2.45, 2.75) is 56.8 Å². The van der Waals surface area contributed by atoms with Crippen molar-refractivity contribution in [3.05, 3.63) is 0 Å². The summed E-state index contributed by atoms with van der Waals surface area (Å²) in [7, 11) is 0. The van der Waals surface area contributed by atoms with Gasteiger partial charge in [0, 0.05) is 0 Å². The third-order valence-corrected chi connectivity index (χ3v) is 4.27. The van der Waals surface area contributed by atoms with Crippen molar-refractivity contribution in [3.63, 3.8) is 0 Å². The second-order valence-corrected chi connectivity index (χ2v) is 6.78. The molecule has 4 atom stereocenters. The fourth-order valence-corrected chi connectivity index (χ4v) is 2.49. The first-order valence-corrected chi connectivity index (χ1v) is 9.60. The Kier molecular flexibility index (Phi) is 12.2. The topological polar surface area (TPSA) is 168 Å². The molecule has 0 aromatic rings. The monoisotopic (exact) mass is 378 g/mol. The van der Waals surface area contributed by atoms with E-state index in [1.807, 2.05) is 6.26 Å². The van der Waals surface area contributed by atoms with E-state index in [1.165, 1.54) is 18.7 Å². The normalized spacial score (nSPS) is 15.7. The van der Waals surface area contributed by atoms with Gasteiger partial charge in [-0.05, 0) is 51.2 Å². The zero-order chi connectivity index (χ0) is 19.4. The van der Waals surface area contributed by atoms with Crippen LogP contribution in [-0.4, -0.2) is 70.8 Å². The van der Waals surface area contributed by atoms with Gasteiger partial charge in [0.1, 0.15) is 18.1 Å². The van der Waals surface area contributed by atoms with Crippen LogP contribution in [0.4, 0.5) is 0 Å². The smallest absolute Gasteiger partial charge is 0.326 e. The Morgan fingerprint density at radius 3 is 2.16 bits per heavy atom. The molecule has 0 radical (unpaired) electrons. The number of thioether (sulfide) groups is 1. The van der Waals surface area contributed by atoms with Crippen LogP contribution in [-0.2, 0) is 14.4 Å². The van der Waals surface area contributed by atoms with Gasteiger partial charge >= 0.3 is 5.97 Å². The average molecular weight is 378 g/mol. The van der Waals surface area contributed by atoms with Crippen LogP contribution < -0.4 is 22.1 Å². The Hall–Kier alpha value is -1.36. The Bertz CT molecular complexity index is 436.